The van der Waals surface area contributed by atoms with E-state index in [-0.39, 0.29) is 17.3 Å². The number of carbonyl (C=O) groups excluding carboxylic acids is 1. The Balaban J connectivity index is 1.28. The number of anilines is 1. The van der Waals surface area contributed by atoms with Crippen LogP contribution in [0.15, 0.2) is 52.6 Å². The molecule has 9 nitrogen and oxygen atoms in total. The Kier molecular flexibility index (Phi) is 6.17. The van der Waals surface area contributed by atoms with Gasteiger partial charge >= 0.3 is 6.03 Å². The molecule has 2 amide bonds. The lowest BCUT2D eigenvalue weighted by Crippen LogP contribution is -2.52. The highest BCUT2D eigenvalue weighted by Crippen LogP contribution is 2.30. The second-order valence-corrected chi connectivity index (χ2v) is 8.59. The molecule has 0 unspecified atom stereocenters. The summed E-state index contributed by atoms with van der Waals surface area (Å²) in [6.07, 6.45) is 4.49. The van der Waals surface area contributed by atoms with E-state index in [4.69, 9.17) is 0 Å². The molecule has 3 aromatic rings. The molecule has 2 aromatic heterocycles. The Hall–Kier alpha value is -4.22. The molecule has 2 aliphatic rings. The molecular formula is C24H22F3N7O2. The van der Waals surface area contributed by atoms with Crippen molar-refractivity contribution >= 4 is 18.2 Å². The van der Waals surface area contributed by atoms with E-state index >= 15 is 0 Å². The molecule has 1 aromatic carbocycles. The zero-order chi connectivity index (χ0) is 25.4. The van der Waals surface area contributed by atoms with Gasteiger partial charge in [0, 0.05) is 69.8 Å². The van der Waals surface area contributed by atoms with Gasteiger partial charge in [-0.25, -0.2) is 32.9 Å². The molecule has 36 heavy (non-hydrogen) atoms. The molecule has 0 spiro atoms. The van der Waals surface area contributed by atoms with Crippen LogP contribution in [0.1, 0.15) is 18.0 Å². The Labute approximate surface area is 204 Å². The molecule has 0 saturated carbocycles. The Morgan fingerprint density at radius 3 is 2.44 bits per heavy atom. The molecule has 0 radical (unpaired) electrons. The van der Waals surface area contributed by atoms with Gasteiger partial charge in [0.15, 0.2) is 5.82 Å². The van der Waals surface area contributed by atoms with Crippen LogP contribution in [0.2, 0.25) is 0 Å². The topological polar surface area (TPSA) is 86.9 Å². The number of amides is 2. The highest BCUT2D eigenvalue weighted by Gasteiger charge is 2.34. The summed E-state index contributed by atoms with van der Waals surface area (Å²) in [7, 11) is 1.57. The van der Waals surface area contributed by atoms with E-state index in [9.17, 15) is 22.8 Å². The summed E-state index contributed by atoms with van der Waals surface area (Å²) in [5.74, 6) is -1.73. The molecule has 1 fully saturated rings. The summed E-state index contributed by atoms with van der Waals surface area (Å²) in [6.45, 7) is 1.43. The summed E-state index contributed by atoms with van der Waals surface area (Å²) in [6, 6.07) is 5.07. The van der Waals surface area contributed by atoms with E-state index in [2.05, 4.69) is 15.1 Å². The SMILES string of the molecule is Cn1cc(-c2nc(N3CCN(C(=O)N4N=CC[C@H]4c4cc(F)cc(F)c4)CC3)ncc2F)ccc1=O. The highest BCUT2D eigenvalue weighted by atomic mass is 19.1. The second kappa shape index (κ2) is 9.44. The van der Waals surface area contributed by atoms with Crippen LogP contribution in [0, 0.1) is 17.5 Å². The average molecular weight is 497 g/mol. The van der Waals surface area contributed by atoms with Gasteiger partial charge in [-0.15, -0.1) is 0 Å². The molecule has 0 N–H and O–H groups in total. The van der Waals surface area contributed by atoms with Crippen molar-refractivity contribution in [2.45, 2.75) is 12.5 Å². The number of rotatable bonds is 3. The first-order valence-corrected chi connectivity index (χ1v) is 11.3. The van der Waals surface area contributed by atoms with Gasteiger partial charge in [-0.1, -0.05) is 0 Å². The molecule has 186 valence electrons. The number of aryl methyl sites for hydroxylation is 1. The van der Waals surface area contributed by atoms with E-state index in [1.54, 1.807) is 18.2 Å². The summed E-state index contributed by atoms with van der Waals surface area (Å²) in [5.41, 5.74) is 0.633. The van der Waals surface area contributed by atoms with Crippen LogP contribution in [0.4, 0.5) is 23.9 Å². The number of hydrogen-bond acceptors (Lipinski definition) is 6. The highest BCUT2D eigenvalue weighted by molar-refractivity contribution is 5.78. The smallest absolute Gasteiger partial charge is 0.337 e. The first-order chi connectivity index (χ1) is 17.3. The summed E-state index contributed by atoms with van der Waals surface area (Å²) >= 11 is 0. The van der Waals surface area contributed by atoms with Gasteiger partial charge in [0.25, 0.3) is 0 Å². The van der Waals surface area contributed by atoms with Crippen LogP contribution in [0.25, 0.3) is 11.3 Å². The number of hydrogen-bond donors (Lipinski definition) is 0. The fourth-order valence-corrected chi connectivity index (χ4v) is 4.33. The number of urea groups is 1. The van der Waals surface area contributed by atoms with Gasteiger partial charge in [-0.05, 0) is 23.8 Å². The van der Waals surface area contributed by atoms with Crippen LogP contribution >= 0.6 is 0 Å². The molecule has 0 bridgehead atoms. The number of nitrogens with zero attached hydrogens (tertiary/aromatic N) is 7. The van der Waals surface area contributed by atoms with Crippen LogP contribution in [0.5, 0.6) is 0 Å². The molecule has 4 heterocycles. The van der Waals surface area contributed by atoms with E-state index in [0.29, 0.717) is 49.7 Å². The third kappa shape index (κ3) is 4.53. The van der Waals surface area contributed by atoms with Crippen molar-refractivity contribution in [1.82, 2.24) is 24.4 Å². The van der Waals surface area contributed by atoms with E-state index in [1.165, 1.54) is 40.0 Å². The molecule has 2 aliphatic heterocycles. The summed E-state index contributed by atoms with van der Waals surface area (Å²) in [5, 5.41) is 5.39. The number of hydrazone groups is 1. The van der Waals surface area contributed by atoms with Crippen LogP contribution in [-0.2, 0) is 7.05 Å². The lowest BCUT2D eigenvalue weighted by Gasteiger charge is -2.37. The summed E-state index contributed by atoms with van der Waals surface area (Å²) in [4.78, 5) is 36.7. The minimum absolute atomic E-state index is 0.0747. The number of pyridine rings is 1. The van der Waals surface area contributed by atoms with Crippen molar-refractivity contribution in [3.05, 3.63) is 76.1 Å². The maximum Gasteiger partial charge on any atom is 0.341 e. The minimum Gasteiger partial charge on any atom is -0.337 e. The maximum atomic E-state index is 14.5. The van der Waals surface area contributed by atoms with Crippen LogP contribution in [-0.4, -0.2) is 62.9 Å². The van der Waals surface area contributed by atoms with Crippen molar-refractivity contribution in [1.29, 1.82) is 0 Å². The predicted octanol–water partition coefficient (Wildman–Crippen LogP) is 2.93. The first-order valence-electron chi connectivity index (χ1n) is 11.3. The average Bonchev–Trinajstić information content (AvgIpc) is 3.35. The van der Waals surface area contributed by atoms with Gasteiger partial charge in [0.1, 0.15) is 17.3 Å². The van der Waals surface area contributed by atoms with Gasteiger partial charge in [0.05, 0.1) is 12.2 Å². The van der Waals surface area contributed by atoms with Gasteiger partial charge in [-0.3, -0.25) is 4.79 Å². The molecule has 1 atom stereocenters. The molecule has 12 heteroatoms. The number of halogens is 3. The van der Waals surface area contributed by atoms with Crippen molar-refractivity contribution < 1.29 is 18.0 Å². The van der Waals surface area contributed by atoms with Crippen LogP contribution < -0.4 is 10.5 Å². The number of benzene rings is 1. The quantitative estimate of drug-likeness (QED) is 0.556. The molecule has 0 aliphatic carbocycles. The molecule has 5 rings (SSSR count). The van der Waals surface area contributed by atoms with Gasteiger partial charge in [0.2, 0.25) is 11.5 Å². The number of aromatic nitrogens is 3. The number of carbonyl (C=O) groups is 1. The fraction of sp³-hybridized carbons (Fsp3) is 0.292. The zero-order valence-corrected chi connectivity index (χ0v) is 19.3. The second-order valence-electron chi connectivity index (χ2n) is 8.59. The lowest BCUT2D eigenvalue weighted by atomic mass is 10.0. The van der Waals surface area contributed by atoms with E-state index in [0.717, 1.165) is 12.3 Å². The van der Waals surface area contributed by atoms with Crippen molar-refractivity contribution in [3.63, 3.8) is 0 Å². The normalized spacial score (nSPS) is 17.7. The Morgan fingerprint density at radius 2 is 1.75 bits per heavy atom. The third-order valence-electron chi connectivity index (χ3n) is 6.22. The molecular weight excluding hydrogens is 475 g/mol. The monoisotopic (exact) mass is 497 g/mol. The standard InChI is InChI=1S/C24H22F3N7O2/c1-31-14-15(2-3-21(31)35)22-19(27)13-28-23(30-22)32-6-8-33(9-7-32)24(36)34-20(4-5-29-34)16-10-17(25)12-18(26)11-16/h2-3,5,10-14,20H,4,6-9H2,1H3/t20-/m0/s1. The third-order valence-corrected chi connectivity index (χ3v) is 6.22. The zero-order valence-electron chi connectivity index (χ0n) is 19.3. The largest absolute Gasteiger partial charge is 0.341 e. The first kappa shape index (κ1) is 23.5. The Morgan fingerprint density at radius 1 is 1.03 bits per heavy atom. The van der Waals surface area contributed by atoms with Crippen molar-refractivity contribution in [3.8, 4) is 11.3 Å². The lowest BCUT2D eigenvalue weighted by molar-refractivity contribution is 0.139. The van der Waals surface area contributed by atoms with Gasteiger partial charge in [-0.2, -0.15) is 5.10 Å². The maximum absolute atomic E-state index is 14.5. The van der Waals surface area contributed by atoms with Gasteiger partial charge < -0.3 is 14.4 Å². The van der Waals surface area contributed by atoms with E-state index < -0.39 is 23.5 Å². The summed E-state index contributed by atoms with van der Waals surface area (Å²) < 4.78 is 43.2. The fourth-order valence-electron chi connectivity index (χ4n) is 4.33. The van der Waals surface area contributed by atoms with Crippen molar-refractivity contribution in [2.75, 3.05) is 31.1 Å². The van der Waals surface area contributed by atoms with Crippen molar-refractivity contribution in [2.24, 2.45) is 12.1 Å². The van der Waals surface area contributed by atoms with Crippen LogP contribution in [0.3, 0.4) is 0 Å². The minimum atomic E-state index is -0.714. The Bertz CT molecular complexity index is 1380. The molecule has 1 saturated heterocycles. The predicted molar refractivity (Wildman–Crippen MR) is 126 cm³/mol. The number of piperazine rings is 1. The van der Waals surface area contributed by atoms with E-state index in [1.807, 2.05) is 4.90 Å².